The van der Waals surface area contributed by atoms with Crippen LogP contribution in [0, 0.1) is 0 Å². The van der Waals surface area contributed by atoms with Crippen molar-refractivity contribution in [2.45, 2.75) is 30.5 Å². The van der Waals surface area contributed by atoms with Crippen LogP contribution in [0.25, 0.3) is 0 Å². The van der Waals surface area contributed by atoms with E-state index < -0.39 is 6.09 Å². The fourth-order valence-corrected chi connectivity index (χ4v) is 3.18. The summed E-state index contributed by atoms with van der Waals surface area (Å²) in [6, 6.07) is 14.5. The molecule has 0 saturated heterocycles. The van der Waals surface area contributed by atoms with Gasteiger partial charge in [0.1, 0.15) is 0 Å². The average molecular weight is 401 g/mol. The highest BCUT2D eigenvalue weighted by atomic mass is 32.2. The lowest BCUT2D eigenvalue weighted by atomic mass is 10.2. The van der Waals surface area contributed by atoms with E-state index in [4.69, 9.17) is 0 Å². The number of amides is 3. The number of ether oxygens (including phenoxy) is 1. The Morgan fingerprint density at radius 2 is 1.54 bits per heavy atom. The zero-order valence-corrected chi connectivity index (χ0v) is 16.8. The molecule has 0 radical (unpaired) electrons. The van der Waals surface area contributed by atoms with Crippen LogP contribution < -0.4 is 16.0 Å². The summed E-state index contributed by atoms with van der Waals surface area (Å²) in [5.41, 5.74) is 2.26. The molecule has 0 aliphatic rings. The maximum Gasteiger partial charge on any atom is 0.411 e. The second-order valence-corrected chi connectivity index (χ2v) is 7.41. The van der Waals surface area contributed by atoms with Gasteiger partial charge in [-0.2, -0.15) is 0 Å². The Hall–Kier alpha value is -3.00. The molecule has 3 amide bonds. The van der Waals surface area contributed by atoms with E-state index >= 15 is 0 Å². The van der Waals surface area contributed by atoms with E-state index in [9.17, 15) is 14.4 Å². The third-order valence-electron chi connectivity index (χ3n) is 3.71. The first-order valence-corrected chi connectivity index (χ1v) is 9.51. The topological polar surface area (TPSA) is 96.5 Å². The van der Waals surface area contributed by atoms with E-state index in [2.05, 4.69) is 20.7 Å². The highest BCUT2D eigenvalue weighted by molar-refractivity contribution is 8.00. The Kier molecular flexibility index (Phi) is 7.88. The van der Waals surface area contributed by atoms with Gasteiger partial charge in [0.2, 0.25) is 11.8 Å². The average Bonchev–Trinajstić information content (AvgIpc) is 2.68. The number of anilines is 2. The Morgan fingerprint density at radius 3 is 2.11 bits per heavy atom. The number of benzene rings is 2. The number of hydrogen-bond donors (Lipinski definition) is 3. The zero-order valence-electron chi connectivity index (χ0n) is 15.9. The molecule has 7 nitrogen and oxygen atoms in total. The largest absolute Gasteiger partial charge is 0.453 e. The van der Waals surface area contributed by atoms with Gasteiger partial charge in [-0.15, -0.1) is 11.8 Å². The summed E-state index contributed by atoms with van der Waals surface area (Å²) in [6.45, 7) is 3.69. The first-order valence-electron chi connectivity index (χ1n) is 8.63. The van der Waals surface area contributed by atoms with Gasteiger partial charge in [0, 0.05) is 29.7 Å². The molecule has 1 atom stereocenters. The Balaban J connectivity index is 1.82. The molecule has 0 aliphatic carbocycles. The number of methoxy groups -OCH3 is 1. The second kappa shape index (κ2) is 10.4. The third-order valence-corrected chi connectivity index (χ3v) is 4.82. The first-order chi connectivity index (χ1) is 13.4. The van der Waals surface area contributed by atoms with Gasteiger partial charge >= 0.3 is 6.09 Å². The zero-order chi connectivity index (χ0) is 20.5. The molecule has 0 heterocycles. The summed E-state index contributed by atoms with van der Waals surface area (Å²) in [5, 5.41) is 7.90. The summed E-state index contributed by atoms with van der Waals surface area (Å²) in [7, 11) is 1.30. The summed E-state index contributed by atoms with van der Waals surface area (Å²) < 4.78 is 4.53. The summed E-state index contributed by atoms with van der Waals surface area (Å²) in [5.74, 6) is -0.199. The van der Waals surface area contributed by atoms with Crippen molar-refractivity contribution in [3.8, 4) is 0 Å². The van der Waals surface area contributed by atoms with Crippen LogP contribution in [0.1, 0.15) is 19.4 Å². The van der Waals surface area contributed by atoms with Crippen molar-refractivity contribution in [1.82, 2.24) is 5.32 Å². The lowest BCUT2D eigenvalue weighted by Gasteiger charge is -2.13. The second-order valence-electron chi connectivity index (χ2n) is 6.00. The molecule has 0 spiro atoms. The molecule has 28 heavy (non-hydrogen) atoms. The van der Waals surface area contributed by atoms with Gasteiger partial charge in [0.25, 0.3) is 0 Å². The van der Waals surface area contributed by atoms with Crippen LogP contribution >= 0.6 is 11.8 Å². The number of rotatable bonds is 7. The molecule has 2 aromatic rings. The van der Waals surface area contributed by atoms with Crippen LogP contribution in [0.15, 0.2) is 53.4 Å². The van der Waals surface area contributed by atoms with Crippen LogP contribution in [0.5, 0.6) is 0 Å². The lowest BCUT2D eigenvalue weighted by Crippen LogP contribution is -2.30. The summed E-state index contributed by atoms with van der Waals surface area (Å²) >= 11 is 1.44. The Morgan fingerprint density at radius 1 is 0.964 bits per heavy atom. The highest BCUT2D eigenvalue weighted by Crippen LogP contribution is 2.25. The normalized spacial score (nSPS) is 11.2. The van der Waals surface area contributed by atoms with Gasteiger partial charge in [-0.05, 0) is 48.9 Å². The molecule has 0 aliphatic heterocycles. The minimum Gasteiger partial charge on any atom is -0.453 e. The SMILES string of the molecule is COC(=O)Nc1ccc(CNC(=O)C(C)Sc2ccc(NC(C)=O)cc2)cc1. The maximum atomic E-state index is 12.3. The van der Waals surface area contributed by atoms with Crippen LogP contribution in [-0.2, 0) is 20.9 Å². The minimum absolute atomic E-state index is 0.0762. The smallest absolute Gasteiger partial charge is 0.411 e. The molecule has 2 rings (SSSR count). The van der Waals surface area contributed by atoms with E-state index in [0.717, 1.165) is 16.1 Å². The van der Waals surface area contributed by atoms with Crippen LogP contribution in [0.4, 0.5) is 16.2 Å². The first kappa shape index (κ1) is 21.3. The van der Waals surface area contributed by atoms with E-state index in [0.29, 0.717) is 12.2 Å². The van der Waals surface area contributed by atoms with Crippen molar-refractivity contribution < 1.29 is 19.1 Å². The van der Waals surface area contributed by atoms with Crippen LogP contribution in [0.2, 0.25) is 0 Å². The summed E-state index contributed by atoms with van der Waals surface area (Å²) in [4.78, 5) is 35.5. The fourth-order valence-electron chi connectivity index (χ4n) is 2.29. The number of nitrogens with one attached hydrogen (secondary N) is 3. The third kappa shape index (κ3) is 6.96. The van der Waals surface area contributed by atoms with Gasteiger partial charge in [-0.25, -0.2) is 4.79 Å². The van der Waals surface area contributed by atoms with Crippen molar-refractivity contribution in [2.24, 2.45) is 0 Å². The summed E-state index contributed by atoms with van der Waals surface area (Å²) in [6.07, 6.45) is -0.531. The van der Waals surface area contributed by atoms with E-state index in [1.165, 1.54) is 25.8 Å². The molecule has 0 bridgehead atoms. The van der Waals surface area contributed by atoms with Crippen molar-refractivity contribution in [1.29, 1.82) is 0 Å². The molecule has 2 aromatic carbocycles. The van der Waals surface area contributed by atoms with Crippen molar-refractivity contribution >= 4 is 41.0 Å². The van der Waals surface area contributed by atoms with E-state index in [1.807, 2.05) is 31.2 Å². The highest BCUT2D eigenvalue weighted by Gasteiger charge is 2.14. The molecule has 3 N–H and O–H groups in total. The van der Waals surface area contributed by atoms with Crippen molar-refractivity contribution in [3.05, 3.63) is 54.1 Å². The monoisotopic (exact) mass is 401 g/mol. The van der Waals surface area contributed by atoms with Crippen LogP contribution in [-0.4, -0.2) is 30.3 Å². The minimum atomic E-state index is -0.531. The van der Waals surface area contributed by atoms with E-state index in [-0.39, 0.29) is 17.1 Å². The quantitative estimate of drug-likeness (QED) is 0.616. The van der Waals surface area contributed by atoms with Gasteiger partial charge in [0.05, 0.1) is 12.4 Å². The Labute approximate surface area is 168 Å². The fraction of sp³-hybridized carbons (Fsp3) is 0.250. The Bertz CT molecular complexity index is 822. The predicted octanol–water partition coefficient (Wildman–Crippen LogP) is 3.62. The predicted molar refractivity (Wildman–Crippen MR) is 110 cm³/mol. The molecular weight excluding hydrogens is 378 g/mol. The van der Waals surface area contributed by atoms with Gasteiger partial charge < -0.3 is 15.4 Å². The van der Waals surface area contributed by atoms with Gasteiger partial charge in [0.15, 0.2) is 0 Å². The molecule has 0 saturated carbocycles. The van der Waals surface area contributed by atoms with Gasteiger partial charge in [-0.3, -0.25) is 14.9 Å². The van der Waals surface area contributed by atoms with Crippen LogP contribution in [0.3, 0.4) is 0 Å². The lowest BCUT2D eigenvalue weighted by molar-refractivity contribution is -0.120. The number of carbonyl (C=O) groups excluding carboxylic acids is 3. The molecule has 0 aromatic heterocycles. The number of hydrogen-bond acceptors (Lipinski definition) is 5. The van der Waals surface area contributed by atoms with E-state index in [1.54, 1.807) is 24.3 Å². The molecule has 0 fully saturated rings. The van der Waals surface area contributed by atoms with Gasteiger partial charge in [-0.1, -0.05) is 12.1 Å². The standard InChI is InChI=1S/C20H23N3O4S/c1-13(28-18-10-8-16(9-11-18)22-14(2)24)19(25)21-12-15-4-6-17(7-5-15)23-20(26)27-3/h4-11,13H,12H2,1-3H3,(H,21,25)(H,22,24)(H,23,26). The van der Waals surface area contributed by atoms with Crippen molar-refractivity contribution in [2.75, 3.05) is 17.7 Å². The molecular formula is C20H23N3O4S. The number of carbonyl (C=O) groups is 3. The number of thioether (sulfide) groups is 1. The molecule has 148 valence electrons. The molecule has 1 unspecified atom stereocenters. The molecule has 8 heteroatoms. The van der Waals surface area contributed by atoms with Crippen molar-refractivity contribution in [3.63, 3.8) is 0 Å². The maximum absolute atomic E-state index is 12.3.